The van der Waals surface area contributed by atoms with Gasteiger partial charge in [-0.1, -0.05) is 0 Å². The van der Waals surface area contributed by atoms with Gasteiger partial charge >= 0.3 is 0 Å². The molecular formula is C17H32N2O. The van der Waals surface area contributed by atoms with E-state index in [-0.39, 0.29) is 5.60 Å². The molecule has 1 heterocycles. The van der Waals surface area contributed by atoms with E-state index in [2.05, 4.69) is 31.0 Å². The van der Waals surface area contributed by atoms with Crippen molar-refractivity contribution in [1.82, 2.24) is 10.2 Å². The molecule has 1 saturated heterocycles. The van der Waals surface area contributed by atoms with Gasteiger partial charge in [0.2, 0.25) is 0 Å². The molecule has 3 heteroatoms. The van der Waals surface area contributed by atoms with Crippen LogP contribution in [0.15, 0.2) is 0 Å². The number of methoxy groups -OCH3 is 1. The third-order valence-corrected chi connectivity index (χ3v) is 6.05. The lowest BCUT2D eigenvalue weighted by atomic mass is 9.87. The Morgan fingerprint density at radius 1 is 1.25 bits per heavy atom. The fraction of sp³-hybridized carbons (Fsp3) is 1.00. The second-order valence-electron chi connectivity index (χ2n) is 8.12. The first-order valence-electron chi connectivity index (χ1n) is 8.48. The van der Waals surface area contributed by atoms with E-state index < -0.39 is 0 Å². The molecule has 3 fully saturated rings. The Morgan fingerprint density at radius 2 is 1.95 bits per heavy atom. The highest BCUT2D eigenvalue weighted by molar-refractivity contribution is 5.07. The zero-order valence-electron chi connectivity index (χ0n) is 13.7. The summed E-state index contributed by atoms with van der Waals surface area (Å²) >= 11 is 0. The third-order valence-electron chi connectivity index (χ3n) is 6.05. The fourth-order valence-electron chi connectivity index (χ4n) is 3.74. The first-order chi connectivity index (χ1) is 9.44. The maximum Gasteiger partial charge on any atom is 0.0634 e. The van der Waals surface area contributed by atoms with Crippen molar-refractivity contribution in [3.05, 3.63) is 0 Å². The van der Waals surface area contributed by atoms with Crippen LogP contribution in [-0.2, 0) is 4.74 Å². The zero-order chi connectivity index (χ0) is 14.4. The Balaban J connectivity index is 1.64. The van der Waals surface area contributed by atoms with E-state index in [1.54, 1.807) is 0 Å². The molecule has 3 rings (SSSR count). The van der Waals surface area contributed by atoms with Crippen LogP contribution in [0.5, 0.6) is 0 Å². The number of ether oxygens (including phenoxy) is 1. The van der Waals surface area contributed by atoms with Gasteiger partial charge in [-0.05, 0) is 64.7 Å². The molecule has 0 bridgehead atoms. The van der Waals surface area contributed by atoms with Crippen LogP contribution in [0.4, 0.5) is 0 Å². The van der Waals surface area contributed by atoms with Crippen molar-refractivity contribution in [2.75, 3.05) is 26.7 Å². The number of hydrogen-bond donors (Lipinski definition) is 1. The summed E-state index contributed by atoms with van der Waals surface area (Å²) in [5.41, 5.74) is 0.389. The van der Waals surface area contributed by atoms with Crippen LogP contribution in [0.3, 0.4) is 0 Å². The molecule has 0 aromatic heterocycles. The van der Waals surface area contributed by atoms with Crippen LogP contribution >= 0.6 is 0 Å². The van der Waals surface area contributed by atoms with E-state index in [1.807, 2.05) is 7.11 Å². The number of rotatable bonds is 6. The summed E-state index contributed by atoms with van der Waals surface area (Å²) in [6.07, 6.45) is 6.86. The van der Waals surface area contributed by atoms with E-state index in [0.29, 0.717) is 5.54 Å². The maximum atomic E-state index is 5.62. The Labute approximate surface area is 124 Å². The minimum absolute atomic E-state index is 0.00438. The molecule has 3 aliphatic rings. The van der Waals surface area contributed by atoms with Gasteiger partial charge in [0, 0.05) is 38.3 Å². The van der Waals surface area contributed by atoms with Crippen molar-refractivity contribution in [2.24, 2.45) is 11.8 Å². The average molecular weight is 280 g/mol. The predicted octanol–water partition coefficient (Wildman–Crippen LogP) is 2.65. The molecule has 1 N–H and O–H groups in total. The predicted molar refractivity (Wildman–Crippen MR) is 82.9 cm³/mol. The molecule has 2 saturated carbocycles. The molecule has 2 aliphatic carbocycles. The van der Waals surface area contributed by atoms with E-state index in [9.17, 15) is 0 Å². The number of piperazine rings is 1. The van der Waals surface area contributed by atoms with Crippen molar-refractivity contribution in [3.8, 4) is 0 Å². The van der Waals surface area contributed by atoms with Crippen molar-refractivity contribution < 1.29 is 4.74 Å². The normalized spacial score (nSPS) is 36.3. The number of nitrogens with one attached hydrogen (secondary N) is 1. The zero-order valence-corrected chi connectivity index (χ0v) is 13.7. The monoisotopic (exact) mass is 280 g/mol. The fourth-order valence-corrected chi connectivity index (χ4v) is 3.74. The van der Waals surface area contributed by atoms with Crippen LogP contribution in [-0.4, -0.2) is 48.8 Å². The Morgan fingerprint density at radius 3 is 2.50 bits per heavy atom. The Hall–Kier alpha value is -0.120. The second kappa shape index (κ2) is 5.26. The van der Waals surface area contributed by atoms with Crippen molar-refractivity contribution >= 4 is 0 Å². The smallest absolute Gasteiger partial charge is 0.0634 e. The first kappa shape index (κ1) is 14.8. The van der Waals surface area contributed by atoms with Gasteiger partial charge in [0.25, 0.3) is 0 Å². The SMILES string of the molecule is COC(C)(C)CCN1CC(C2CC2)NCC1(C)C1CC1. The van der Waals surface area contributed by atoms with Gasteiger partial charge < -0.3 is 10.1 Å². The van der Waals surface area contributed by atoms with Gasteiger partial charge in [0.1, 0.15) is 0 Å². The number of nitrogens with zero attached hydrogens (tertiary/aromatic N) is 1. The van der Waals surface area contributed by atoms with Crippen molar-refractivity contribution in [1.29, 1.82) is 0 Å². The lowest BCUT2D eigenvalue weighted by molar-refractivity contribution is -0.0212. The molecule has 0 aromatic carbocycles. The van der Waals surface area contributed by atoms with Crippen LogP contribution in [0.25, 0.3) is 0 Å². The summed E-state index contributed by atoms with van der Waals surface area (Å²) in [5.74, 6) is 1.87. The molecule has 0 aromatic rings. The molecule has 1 aliphatic heterocycles. The highest BCUT2D eigenvalue weighted by atomic mass is 16.5. The van der Waals surface area contributed by atoms with Crippen LogP contribution in [0.1, 0.15) is 52.9 Å². The van der Waals surface area contributed by atoms with Gasteiger partial charge in [-0.25, -0.2) is 0 Å². The quantitative estimate of drug-likeness (QED) is 0.809. The van der Waals surface area contributed by atoms with Crippen LogP contribution in [0, 0.1) is 11.8 Å². The molecule has 20 heavy (non-hydrogen) atoms. The summed E-state index contributed by atoms with van der Waals surface area (Å²) in [6, 6.07) is 0.743. The summed E-state index contributed by atoms with van der Waals surface area (Å²) in [6.45, 7) is 10.5. The van der Waals surface area contributed by atoms with E-state index in [4.69, 9.17) is 4.74 Å². The van der Waals surface area contributed by atoms with E-state index >= 15 is 0 Å². The molecule has 0 radical (unpaired) electrons. The van der Waals surface area contributed by atoms with Crippen molar-refractivity contribution in [2.45, 2.75) is 70.1 Å². The van der Waals surface area contributed by atoms with Gasteiger partial charge in [0.15, 0.2) is 0 Å². The Kier molecular flexibility index (Phi) is 3.89. The van der Waals surface area contributed by atoms with Crippen molar-refractivity contribution in [3.63, 3.8) is 0 Å². The highest BCUT2D eigenvalue weighted by Crippen LogP contribution is 2.45. The van der Waals surface area contributed by atoms with Gasteiger partial charge in [-0.3, -0.25) is 4.90 Å². The third kappa shape index (κ3) is 3.05. The molecule has 2 unspecified atom stereocenters. The lowest BCUT2D eigenvalue weighted by Gasteiger charge is -2.49. The molecule has 0 amide bonds. The standard InChI is InChI=1S/C17H32N2O/c1-16(2,20-4)9-10-19-11-15(13-5-6-13)18-12-17(19,3)14-7-8-14/h13-15,18H,5-12H2,1-4H3. The molecule has 3 nitrogen and oxygen atoms in total. The summed E-state index contributed by atoms with van der Waals surface area (Å²) in [7, 11) is 1.84. The maximum absolute atomic E-state index is 5.62. The summed E-state index contributed by atoms with van der Waals surface area (Å²) in [5, 5.41) is 3.86. The largest absolute Gasteiger partial charge is 0.379 e. The minimum Gasteiger partial charge on any atom is -0.379 e. The van der Waals surface area contributed by atoms with Gasteiger partial charge in [-0.15, -0.1) is 0 Å². The summed E-state index contributed by atoms with van der Waals surface area (Å²) < 4.78 is 5.62. The van der Waals surface area contributed by atoms with E-state index in [1.165, 1.54) is 45.3 Å². The molecule has 2 atom stereocenters. The lowest BCUT2D eigenvalue weighted by Crippen LogP contribution is -2.65. The van der Waals surface area contributed by atoms with Crippen LogP contribution in [0.2, 0.25) is 0 Å². The highest BCUT2D eigenvalue weighted by Gasteiger charge is 2.50. The average Bonchev–Trinajstić information content (AvgIpc) is 3.30. The summed E-state index contributed by atoms with van der Waals surface area (Å²) in [4.78, 5) is 2.80. The molecule has 116 valence electrons. The second-order valence-corrected chi connectivity index (χ2v) is 8.12. The topological polar surface area (TPSA) is 24.5 Å². The van der Waals surface area contributed by atoms with Gasteiger partial charge in [0.05, 0.1) is 5.60 Å². The number of hydrogen-bond acceptors (Lipinski definition) is 3. The van der Waals surface area contributed by atoms with Crippen LogP contribution < -0.4 is 5.32 Å². The molecular weight excluding hydrogens is 248 g/mol. The minimum atomic E-state index is 0.00438. The first-order valence-corrected chi connectivity index (χ1v) is 8.48. The Bertz CT molecular complexity index is 349. The van der Waals surface area contributed by atoms with E-state index in [0.717, 1.165) is 24.3 Å². The molecule has 0 spiro atoms. The van der Waals surface area contributed by atoms with Gasteiger partial charge in [-0.2, -0.15) is 0 Å².